The number of anilines is 1. The van der Waals surface area contributed by atoms with Crippen molar-refractivity contribution in [2.45, 2.75) is 44.4 Å². The largest absolute Gasteiger partial charge is 0.325 e. The molecule has 2 bridgehead atoms. The second-order valence-electron chi connectivity index (χ2n) is 8.17. The van der Waals surface area contributed by atoms with Gasteiger partial charge in [-0.1, -0.05) is 36.7 Å². The van der Waals surface area contributed by atoms with Crippen LogP contribution in [-0.4, -0.2) is 15.9 Å². The molecule has 1 saturated carbocycles. The lowest BCUT2D eigenvalue weighted by Crippen LogP contribution is -2.48. The first-order chi connectivity index (χ1) is 13.2. The molecule has 1 aromatic heterocycles. The number of fused-ring (bicyclic) bond motifs is 5. The highest BCUT2D eigenvalue weighted by Crippen LogP contribution is 2.70. The molecule has 2 aromatic rings. The average Bonchev–Trinajstić information content (AvgIpc) is 2.98. The van der Waals surface area contributed by atoms with Gasteiger partial charge < -0.3 is 5.32 Å². The molecule has 28 heavy (non-hydrogen) atoms. The van der Waals surface area contributed by atoms with Gasteiger partial charge in [0.15, 0.2) is 11.4 Å². The molecule has 1 heterocycles. The summed E-state index contributed by atoms with van der Waals surface area (Å²) in [4.78, 5) is 22.6. The van der Waals surface area contributed by atoms with Crippen molar-refractivity contribution in [3.63, 3.8) is 0 Å². The van der Waals surface area contributed by atoms with Gasteiger partial charge >= 0.3 is 0 Å². The maximum absolute atomic E-state index is 13.6. The maximum atomic E-state index is 13.6. The van der Waals surface area contributed by atoms with Gasteiger partial charge in [0.25, 0.3) is 0 Å². The zero-order chi connectivity index (χ0) is 20.3. The monoisotopic (exact) mass is 435 g/mol. The van der Waals surface area contributed by atoms with E-state index in [1.807, 2.05) is 36.4 Å². The highest BCUT2D eigenvalue weighted by atomic mass is 79.9. The number of carbonyl (C=O) groups excluding carboxylic acids is 1. The van der Waals surface area contributed by atoms with E-state index in [1.165, 1.54) is 0 Å². The number of rotatable bonds is 2. The highest BCUT2D eigenvalue weighted by Gasteiger charge is 2.73. The Labute approximate surface area is 171 Å². The Bertz CT molecular complexity index is 1100. The molecular weight excluding hydrogens is 418 g/mol. The van der Waals surface area contributed by atoms with Gasteiger partial charge in [0.05, 0.1) is 16.8 Å². The Kier molecular flexibility index (Phi) is 3.89. The Hall–Kier alpha value is -2.77. The van der Waals surface area contributed by atoms with E-state index >= 15 is 0 Å². The van der Waals surface area contributed by atoms with Crippen molar-refractivity contribution in [3.8, 4) is 12.1 Å². The van der Waals surface area contributed by atoms with E-state index in [4.69, 9.17) is 0 Å². The van der Waals surface area contributed by atoms with Crippen molar-refractivity contribution < 1.29 is 4.79 Å². The molecule has 1 aromatic carbocycles. The summed E-state index contributed by atoms with van der Waals surface area (Å²) < 4.78 is 0.928. The van der Waals surface area contributed by atoms with Crippen LogP contribution in [0.2, 0.25) is 0 Å². The predicted octanol–water partition coefficient (Wildman–Crippen LogP) is 3.95. The van der Waals surface area contributed by atoms with E-state index in [9.17, 15) is 15.3 Å². The Morgan fingerprint density at radius 2 is 1.61 bits per heavy atom. The summed E-state index contributed by atoms with van der Waals surface area (Å²) in [5.41, 5.74) is 0.133. The standard InChI is InChI=1S/C21H18BrN5O/c1-19(2)20(3)8-9-21(19,18(28)25-13-6-4-12(22)5-7-13)17-16(20)26-14(10-23)15(11-24)27-17/h4-7H,8-9H2,1-3H3,(H,25,28). The fourth-order valence-electron chi connectivity index (χ4n) is 4.91. The minimum absolute atomic E-state index is 0.0225. The lowest BCUT2D eigenvalue weighted by atomic mass is 9.63. The molecular formula is C21H18BrN5O. The molecule has 2 aliphatic carbocycles. The first-order valence-corrected chi connectivity index (χ1v) is 9.81. The van der Waals surface area contributed by atoms with E-state index < -0.39 is 16.2 Å². The van der Waals surface area contributed by atoms with E-state index in [2.05, 4.69) is 52.0 Å². The summed E-state index contributed by atoms with van der Waals surface area (Å²) >= 11 is 3.40. The zero-order valence-corrected chi connectivity index (χ0v) is 17.4. The van der Waals surface area contributed by atoms with Crippen LogP contribution in [-0.2, 0) is 15.6 Å². The Morgan fingerprint density at radius 3 is 2.18 bits per heavy atom. The second-order valence-corrected chi connectivity index (χ2v) is 9.08. The fraction of sp³-hybridized carbons (Fsp3) is 0.381. The van der Waals surface area contributed by atoms with Gasteiger partial charge in [0, 0.05) is 15.6 Å². The van der Waals surface area contributed by atoms with Crippen LogP contribution < -0.4 is 5.32 Å². The van der Waals surface area contributed by atoms with Crippen LogP contribution in [0, 0.1) is 28.1 Å². The molecule has 4 rings (SSSR count). The van der Waals surface area contributed by atoms with Crippen LogP contribution in [0.15, 0.2) is 28.7 Å². The molecule has 2 unspecified atom stereocenters. The van der Waals surface area contributed by atoms with Gasteiger partial charge in [-0.3, -0.25) is 4.79 Å². The van der Waals surface area contributed by atoms with E-state index in [1.54, 1.807) is 0 Å². The molecule has 0 spiro atoms. The Morgan fingerprint density at radius 1 is 1.04 bits per heavy atom. The number of nitrogens with one attached hydrogen (secondary N) is 1. The van der Waals surface area contributed by atoms with Crippen molar-refractivity contribution in [2.24, 2.45) is 5.41 Å². The number of carbonyl (C=O) groups is 1. The molecule has 2 aliphatic rings. The van der Waals surface area contributed by atoms with Gasteiger partial charge in [0.1, 0.15) is 12.1 Å². The number of amides is 1. The minimum atomic E-state index is -0.906. The van der Waals surface area contributed by atoms with Gasteiger partial charge in [0.2, 0.25) is 5.91 Å². The van der Waals surface area contributed by atoms with Crippen LogP contribution >= 0.6 is 15.9 Å². The number of nitrogens with zero attached hydrogens (tertiary/aromatic N) is 4. The smallest absolute Gasteiger partial charge is 0.237 e. The summed E-state index contributed by atoms with van der Waals surface area (Å²) in [6.07, 6.45) is 1.39. The SMILES string of the molecule is CC12CCC(C(=O)Nc3ccc(Br)cc3)(c3nc(C#N)c(C#N)nc31)C2(C)C. The molecule has 2 atom stereocenters. The third-order valence-corrected chi connectivity index (χ3v) is 7.50. The number of benzene rings is 1. The molecule has 0 saturated heterocycles. The van der Waals surface area contributed by atoms with Gasteiger partial charge in [-0.2, -0.15) is 10.5 Å². The minimum Gasteiger partial charge on any atom is -0.325 e. The Balaban J connectivity index is 1.89. The maximum Gasteiger partial charge on any atom is 0.237 e. The summed E-state index contributed by atoms with van der Waals surface area (Å²) in [7, 11) is 0. The number of nitriles is 2. The molecule has 0 aliphatic heterocycles. The molecule has 1 amide bonds. The number of hydrogen-bond donors (Lipinski definition) is 1. The average molecular weight is 436 g/mol. The van der Waals surface area contributed by atoms with E-state index in [0.29, 0.717) is 23.5 Å². The van der Waals surface area contributed by atoms with Crippen molar-refractivity contribution in [2.75, 3.05) is 5.32 Å². The summed E-state index contributed by atoms with van der Waals surface area (Å²) in [5.74, 6) is -0.148. The number of aromatic nitrogens is 2. The van der Waals surface area contributed by atoms with Crippen molar-refractivity contribution in [1.29, 1.82) is 10.5 Å². The first-order valence-electron chi connectivity index (χ1n) is 9.01. The lowest BCUT2D eigenvalue weighted by Gasteiger charge is -2.39. The van der Waals surface area contributed by atoms with Crippen molar-refractivity contribution in [3.05, 3.63) is 51.5 Å². The summed E-state index contributed by atoms with van der Waals surface area (Å²) in [6, 6.07) is 11.3. The third kappa shape index (κ3) is 2.08. The van der Waals surface area contributed by atoms with E-state index in [-0.39, 0.29) is 17.3 Å². The van der Waals surface area contributed by atoms with Crippen LogP contribution in [0.4, 0.5) is 5.69 Å². The van der Waals surface area contributed by atoms with E-state index in [0.717, 1.165) is 10.9 Å². The molecule has 1 N–H and O–H groups in total. The summed E-state index contributed by atoms with van der Waals surface area (Å²) in [6.45, 7) is 6.20. The topological polar surface area (TPSA) is 102 Å². The summed E-state index contributed by atoms with van der Waals surface area (Å²) in [5, 5.41) is 21.8. The fourth-order valence-corrected chi connectivity index (χ4v) is 5.18. The predicted molar refractivity (Wildman–Crippen MR) is 106 cm³/mol. The third-order valence-electron chi connectivity index (χ3n) is 6.97. The van der Waals surface area contributed by atoms with Crippen LogP contribution in [0.5, 0.6) is 0 Å². The zero-order valence-electron chi connectivity index (χ0n) is 15.8. The van der Waals surface area contributed by atoms with Crippen LogP contribution in [0.3, 0.4) is 0 Å². The first kappa shape index (κ1) is 18.6. The van der Waals surface area contributed by atoms with Crippen molar-refractivity contribution >= 4 is 27.5 Å². The molecule has 6 nitrogen and oxygen atoms in total. The second kappa shape index (κ2) is 5.86. The van der Waals surface area contributed by atoms with Crippen molar-refractivity contribution in [1.82, 2.24) is 9.97 Å². The van der Waals surface area contributed by atoms with Crippen LogP contribution in [0.25, 0.3) is 0 Å². The number of halogens is 1. The van der Waals surface area contributed by atoms with Gasteiger partial charge in [-0.15, -0.1) is 0 Å². The molecule has 0 radical (unpaired) electrons. The molecule has 140 valence electrons. The number of hydrogen-bond acceptors (Lipinski definition) is 5. The molecule has 7 heteroatoms. The van der Waals surface area contributed by atoms with Crippen LogP contribution in [0.1, 0.15) is 56.4 Å². The normalized spacial score (nSPS) is 26.2. The quantitative estimate of drug-likeness (QED) is 0.768. The van der Waals surface area contributed by atoms with Gasteiger partial charge in [-0.05, 0) is 42.5 Å². The lowest BCUT2D eigenvalue weighted by molar-refractivity contribution is -0.125. The van der Waals surface area contributed by atoms with Gasteiger partial charge in [-0.25, -0.2) is 9.97 Å². The highest BCUT2D eigenvalue weighted by molar-refractivity contribution is 9.10. The molecule has 1 fully saturated rings.